The first-order valence-corrected chi connectivity index (χ1v) is 5.40. The van der Waals surface area contributed by atoms with Crippen LogP contribution in [0.3, 0.4) is 0 Å². The molecule has 0 bridgehead atoms. The van der Waals surface area contributed by atoms with Crippen LogP contribution in [0.1, 0.15) is 54.9 Å². The lowest BCUT2D eigenvalue weighted by Gasteiger charge is -2.49. The van der Waals surface area contributed by atoms with Gasteiger partial charge in [0.15, 0.2) is 0 Å². The molecule has 0 aromatic rings. The van der Waals surface area contributed by atoms with E-state index in [1.807, 2.05) is 13.0 Å². The molecular weight excluding hydrogens is 172 g/mol. The zero-order valence-electron chi connectivity index (χ0n) is 10.8. The fourth-order valence-electron chi connectivity index (χ4n) is 2.03. The molecule has 1 nitrogen and oxygen atoms in total. The lowest BCUT2D eigenvalue weighted by Crippen LogP contribution is -2.52. The summed E-state index contributed by atoms with van der Waals surface area (Å²) in [6.45, 7) is 14.6. The summed E-state index contributed by atoms with van der Waals surface area (Å²) >= 11 is 0. The standard InChI is InChI=1S/C13H26O/c1-8-9-10-13(14,11(2,3)4)12(5,6)7/h8-9,14H,10H2,1-7H3/b9-8+. The van der Waals surface area contributed by atoms with Gasteiger partial charge in [-0.05, 0) is 24.2 Å². The average molecular weight is 198 g/mol. The van der Waals surface area contributed by atoms with E-state index in [0.717, 1.165) is 6.42 Å². The largest absolute Gasteiger partial charge is 0.388 e. The smallest absolute Gasteiger partial charge is 0.0777 e. The SMILES string of the molecule is C/C=C/CC(O)(C(C)(C)C)C(C)(C)C. The zero-order chi connectivity index (χ0) is 11.6. The van der Waals surface area contributed by atoms with E-state index in [9.17, 15) is 5.11 Å². The Morgan fingerprint density at radius 1 is 0.929 bits per heavy atom. The summed E-state index contributed by atoms with van der Waals surface area (Å²) in [4.78, 5) is 0. The van der Waals surface area contributed by atoms with E-state index in [2.05, 4.69) is 47.6 Å². The topological polar surface area (TPSA) is 20.2 Å². The normalized spacial score (nSPS) is 15.1. The van der Waals surface area contributed by atoms with Crippen LogP contribution in [-0.2, 0) is 0 Å². The van der Waals surface area contributed by atoms with Crippen molar-refractivity contribution in [3.8, 4) is 0 Å². The van der Waals surface area contributed by atoms with Crippen molar-refractivity contribution in [2.45, 2.75) is 60.5 Å². The van der Waals surface area contributed by atoms with Crippen molar-refractivity contribution < 1.29 is 5.11 Å². The lowest BCUT2D eigenvalue weighted by molar-refractivity contribution is -0.134. The molecular formula is C13H26O. The summed E-state index contributed by atoms with van der Waals surface area (Å²) in [5.74, 6) is 0. The van der Waals surface area contributed by atoms with Crippen LogP contribution >= 0.6 is 0 Å². The molecule has 0 aliphatic heterocycles. The summed E-state index contributed by atoms with van der Waals surface area (Å²) in [5.41, 5.74) is -0.873. The molecule has 0 saturated heterocycles. The number of hydrogen-bond acceptors (Lipinski definition) is 1. The molecule has 0 unspecified atom stereocenters. The van der Waals surface area contributed by atoms with Gasteiger partial charge >= 0.3 is 0 Å². The molecule has 84 valence electrons. The van der Waals surface area contributed by atoms with Crippen LogP contribution < -0.4 is 0 Å². The van der Waals surface area contributed by atoms with Crippen LogP contribution in [0.2, 0.25) is 0 Å². The summed E-state index contributed by atoms with van der Waals surface area (Å²) in [6.07, 6.45) is 4.77. The molecule has 1 heteroatoms. The molecule has 0 saturated carbocycles. The average Bonchev–Trinajstić information content (AvgIpc) is 1.95. The molecule has 1 N–H and O–H groups in total. The monoisotopic (exact) mass is 198 g/mol. The fraction of sp³-hybridized carbons (Fsp3) is 0.846. The highest BCUT2D eigenvalue weighted by Crippen LogP contribution is 2.46. The molecule has 0 aliphatic carbocycles. The van der Waals surface area contributed by atoms with Crippen molar-refractivity contribution in [3.05, 3.63) is 12.2 Å². The van der Waals surface area contributed by atoms with Crippen LogP contribution in [0, 0.1) is 10.8 Å². The highest BCUT2D eigenvalue weighted by molar-refractivity contribution is 5.03. The molecule has 0 atom stereocenters. The zero-order valence-corrected chi connectivity index (χ0v) is 10.8. The second-order valence-electron chi connectivity index (χ2n) is 6.13. The second-order valence-corrected chi connectivity index (χ2v) is 6.13. The van der Waals surface area contributed by atoms with Crippen LogP contribution in [0.15, 0.2) is 12.2 Å². The minimum absolute atomic E-state index is 0.106. The first kappa shape index (κ1) is 13.7. The predicted molar refractivity (Wildman–Crippen MR) is 63.3 cm³/mol. The maximum Gasteiger partial charge on any atom is 0.0777 e. The van der Waals surface area contributed by atoms with Gasteiger partial charge in [0.1, 0.15) is 0 Å². The van der Waals surface area contributed by atoms with Gasteiger partial charge in [0.2, 0.25) is 0 Å². The number of hydrogen-bond donors (Lipinski definition) is 1. The van der Waals surface area contributed by atoms with Gasteiger partial charge in [0, 0.05) is 0 Å². The van der Waals surface area contributed by atoms with Crippen molar-refractivity contribution >= 4 is 0 Å². The number of aliphatic hydroxyl groups is 1. The maximum atomic E-state index is 10.8. The molecule has 0 rings (SSSR count). The molecule has 0 radical (unpaired) electrons. The van der Waals surface area contributed by atoms with Crippen molar-refractivity contribution in [2.75, 3.05) is 0 Å². The Bertz CT molecular complexity index is 186. The molecule has 0 amide bonds. The van der Waals surface area contributed by atoms with Crippen LogP contribution in [0.4, 0.5) is 0 Å². The molecule has 0 heterocycles. The summed E-state index contributed by atoms with van der Waals surface area (Å²) in [6, 6.07) is 0. The van der Waals surface area contributed by atoms with Crippen molar-refractivity contribution in [3.63, 3.8) is 0 Å². The van der Waals surface area contributed by atoms with Gasteiger partial charge < -0.3 is 5.11 Å². The van der Waals surface area contributed by atoms with Crippen molar-refractivity contribution in [1.29, 1.82) is 0 Å². The quantitative estimate of drug-likeness (QED) is 0.670. The molecule has 0 spiro atoms. The third-order valence-electron chi connectivity index (χ3n) is 3.13. The highest BCUT2D eigenvalue weighted by atomic mass is 16.3. The van der Waals surface area contributed by atoms with E-state index in [4.69, 9.17) is 0 Å². The van der Waals surface area contributed by atoms with E-state index in [-0.39, 0.29) is 10.8 Å². The van der Waals surface area contributed by atoms with E-state index in [1.165, 1.54) is 0 Å². The molecule has 0 aromatic heterocycles. The Balaban J connectivity index is 5.07. The fourth-order valence-corrected chi connectivity index (χ4v) is 2.03. The van der Waals surface area contributed by atoms with Gasteiger partial charge in [-0.25, -0.2) is 0 Å². The lowest BCUT2D eigenvalue weighted by atomic mass is 9.61. The highest BCUT2D eigenvalue weighted by Gasteiger charge is 2.47. The Hall–Kier alpha value is -0.300. The van der Waals surface area contributed by atoms with E-state index in [1.54, 1.807) is 0 Å². The first-order chi connectivity index (χ1) is 6.06. The predicted octanol–water partition coefficient (Wildman–Crippen LogP) is 3.78. The molecule has 0 fully saturated rings. The Labute approximate surface area is 89.2 Å². The van der Waals surface area contributed by atoms with Gasteiger partial charge in [-0.15, -0.1) is 0 Å². The number of allylic oxidation sites excluding steroid dienone is 1. The minimum Gasteiger partial charge on any atom is -0.388 e. The van der Waals surface area contributed by atoms with Crippen LogP contribution in [0.5, 0.6) is 0 Å². The van der Waals surface area contributed by atoms with E-state index in [0.29, 0.717) is 0 Å². The third-order valence-corrected chi connectivity index (χ3v) is 3.13. The van der Waals surface area contributed by atoms with Gasteiger partial charge in [0.05, 0.1) is 5.60 Å². The summed E-state index contributed by atoms with van der Waals surface area (Å²) < 4.78 is 0. The van der Waals surface area contributed by atoms with Crippen LogP contribution in [-0.4, -0.2) is 10.7 Å². The van der Waals surface area contributed by atoms with Gasteiger partial charge in [-0.3, -0.25) is 0 Å². The third kappa shape index (κ3) is 2.60. The number of rotatable bonds is 2. The Morgan fingerprint density at radius 3 is 1.50 bits per heavy atom. The molecule has 0 aromatic carbocycles. The Morgan fingerprint density at radius 2 is 1.29 bits per heavy atom. The van der Waals surface area contributed by atoms with Crippen molar-refractivity contribution in [2.24, 2.45) is 10.8 Å². The van der Waals surface area contributed by atoms with Crippen molar-refractivity contribution in [1.82, 2.24) is 0 Å². The molecule has 0 aliphatic rings. The molecule has 14 heavy (non-hydrogen) atoms. The second kappa shape index (κ2) is 4.06. The van der Waals surface area contributed by atoms with Crippen LogP contribution in [0.25, 0.3) is 0 Å². The summed E-state index contributed by atoms with van der Waals surface area (Å²) in [7, 11) is 0. The van der Waals surface area contributed by atoms with Gasteiger partial charge in [-0.1, -0.05) is 53.7 Å². The summed E-state index contributed by atoms with van der Waals surface area (Å²) in [5, 5.41) is 10.8. The van der Waals surface area contributed by atoms with Gasteiger partial charge in [-0.2, -0.15) is 0 Å². The van der Waals surface area contributed by atoms with E-state index >= 15 is 0 Å². The maximum absolute atomic E-state index is 10.8. The Kier molecular flexibility index (Phi) is 3.97. The minimum atomic E-state index is -0.660. The first-order valence-electron chi connectivity index (χ1n) is 5.40. The van der Waals surface area contributed by atoms with Gasteiger partial charge in [0.25, 0.3) is 0 Å². The van der Waals surface area contributed by atoms with E-state index < -0.39 is 5.60 Å².